The standard InChI is InChI=1S/C18H18N2O2/c1-10(2)18-16(21)8-12(9-17(18)22)11-3-4-13-14(19)5-6-20-15(13)7-11/h3-10,21-22H,1-2H3,(H2,19,20). The molecule has 22 heavy (non-hydrogen) atoms. The third kappa shape index (κ3) is 2.33. The molecule has 0 aliphatic rings. The number of phenols is 2. The predicted molar refractivity (Wildman–Crippen MR) is 89.0 cm³/mol. The van der Waals surface area contributed by atoms with E-state index in [9.17, 15) is 10.2 Å². The number of nitrogen functional groups attached to an aromatic ring is 1. The average Bonchev–Trinajstić information content (AvgIpc) is 2.46. The number of aromatic nitrogens is 1. The molecule has 0 amide bonds. The molecular weight excluding hydrogens is 276 g/mol. The number of anilines is 1. The van der Waals surface area contributed by atoms with Gasteiger partial charge in [-0.25, -0.2) is 0 Å². The molecular formula is C18H18N2O2. The fourth-order valence-electron chi connectivity index (χ4n) is 2.73. The van der Waals surface area contributed by atoms with Crippen LogP contribution in [0.4, 0.5) is 5.69 Å². The zero-order valence-corrected chi connectivity index (χ0v) is 12.5. The maximum absolute atomic E-state index is 10.2. The summed E-state index contributed by atoms with van der Waals surface area (Å²) in [7, 11) is 0. The van der Waals surface area contributed by atoms with Gasteiger partial charge in [-0.05, 0) is 41.3 Å². The second kappa shape index (κ2) is 5.22. The fraction of sp³-hybridized carbons (Fsp3) is 0.167. The summed E-state index contributed by atoms with van der Waals surface area (Å²) < 4.78 is 0. The highest BCUT2D eigenvalue weighted by Gasteiger charge is 2.14. The van der Waals surface area contributed by atoms with E-state index in [-0.39, 0.29) is 17.4 Å². The fourth-order valence-corrected chi connectivity index (χ4v) is 2.73. The van der Waals surface area contributed by atoms with Crippen molar-refractivity contribution in [1.29, 1.82) is 0 Å². The number of phenolic OH excluding ortho intramolecular Hbond substituents is 2. The zero-order valence-electron chi connectivity index (χ0n) is 12.5. The minimum Gasteiger partial charge on any atom is -0.507 e. The minimum absolute atomic E-state index is 0.0483. The number of nitrogens with zero attached hydrogens (tertiary/aromatic N) is 1. The summed E-state index contributed by atoms with van der Waals surface area (Å²) in [6, 6.07) is 10.8. The lowest BCUT2D eigenvalue weighted by Gasteiger charge is -2.13. The number of aromatic hydroxyl groups is 2. The van der Waals surface area contributed by atoms with Crippen LogP contribution in [0.3, 0.4) is 0 Å². The molecule has 0 atom stereocenters. The van der Waals surface area contributed by atoms with Crippen molar-refractivity contribution in [2.24, 2.45) is 0 Å². The second-order valence-electron chi connectivity index (χ2n) is 5.71. The van der Waals surface area contributed by atoms with Crippen LogP contribution >= 0.6 is 0 Å². The van der Waals surface area contributed by atoms with Crippen LogP contribution in [0.1, 0.15) is 25.3 Å². The highest BCUT2D eigenvalue weighted by atomic mass is 16.3. The van der Waals surface area contributed by atoms with Crippen molar-refractivity contribution in [2.45, 2.75) is 19.8 Å². The molecule has 4 nitrogen and oxygen atoms in total. The maximum atomic E-state index is 10.2. The first kappa shape index (κ1) is 14.2. The highest BCUT2D eigenvalue weighted by Crippen LogP contribution is 2.38. The van der Waals surface area contributed by atoms with Crippen LogP contribution in [0, 0.1) is 0 Å². The Morgan fingerprint density at radius 3 is 2.27 bits per heavy atom. The van der Waals surface area contributed by atoms with Gasteiger partial charge in [-0.15, -0.1) is 0 Å². The lowest BCUT2D eigenvalue weighted by Crippen LogP contribution is -1.92. The van der Waals surface area contributed by atoms with Crippen LogP contribution in [-0.2, 0) is 0 Å². The van der Waals surface area contributed by atoms with Gasteiger partial charge in [0.25, 0.3) is 0 Å². The molecule has 0 aliphatic heterocycles. The molecule has 3 rings (SSSR count). The topological polar surface area (TPSA) is 79.4 Å². The molecule has 4 heteroatoms. The van der Waals surface area contributed by atoms with Crippen molar-refractivity contribution in [3.05, 3.63) is 48.2 Å². The third-order valence-corrected chi connectivity index (χ3v) is 3.82. The van der Waals surface area contributed by atoms with E-state index in [1.54, 1.807) is 24.4 Å². The van der Waals surface area contributed by atoms with Crippen LogP contribution in [0.2, 0.25) is 0 Å². The molecule has 0 unspecified atom stereocenters. The minimum atomic E-state index is 0.0483. The lowest BCUT2D eigenvalue weighted by atomic mass is 9.95. The van der Waals surface area contributed by atoms with Crippen molar-refractivity contribution in [3.63, 3.8) is 0 Å². The molecule has 0 saturated heterocycles. The molecule has 3 aromatic rings. The summed E-state index contributed by atoms with van der Waals surface area (Å²) >= 11 is 0. The Bertz CT molecular complexity index is 834. The van der Waals surface area contributed by atoms with Crippen LogP contribution in [0.25, 0.3) is 22.0 Å². The van der Waals surface area contributed by atoms with Crippen molar-refractivity contribution in [2.75, 3.05) is 5.73 Å². The second-order valence-corrected chi connectivity index (χ2v) is 5.71. The molecule has 4 N–H and O–H groups in total. The zero-order chi connectivity index (χ0) is 15.9. The van der Waals surface area contributed by atoms with Crippen molar-refractivity contribution in [3.8, 4) is 22.6 Å². The Hall–Kier alpha value is -2.75. The van der Waals surface area contributed by atoms with Crippen LogP contribution in [0.15, 0.2) is 42.6 Å². The van der Waals surface area contributed by atoms with E-state index >= 15 is 0 Å². The molecule has 0 radical (unpaired) electrons. The smallest absolute Gasteiger partial charge is 0.123 e. The van der Waals surface area contributed by atoms with Crippen molar-refractivity contribution in [1.82, 2.24) is 4.98 Å². The van der Waals surface area contributed by atoms with E-state index in [1.807, 2.05) is 32.0 Å². The normalized spacial score (nSPS) is 11.2. The summed E-state index contributed by atoms with van der Waals surface area (Å²) in [5.41, 5.74) is 9.56. The molecule has 0 bridgehead atoms. The van der Waals surface area contributed by atoms with Crippen molar-refractivity contribution < 1.29 is 10.2 Å². The number of nitrogens with two attached hydrogens (primary N) is 1. The van der Waals surface area contributed by atoms with E-state index in [0.29, 0.717) is 11.3 Å². The van der Waals surface area contributed by atoms with Gasteiger partial charge >= 0.3 is 0 Å². The molecule has 1 heterocycles. The van der Waals surface area contributed by atoms with E-state index in [0.717, 1.165) is 22.0 Å². The van der Waals surface area contributed by atoms with Crippen LogP contribution in [0.5, 0.6) is 11.5 Å². The van der Waals surface area contributed by atoms with Crippen molar-refractivity contribution >= 4 is 16.6 Å². The number of hydrogen-bond acceptors (Lipinski definition) is 4. The van der Waals surface area contributed by atoms with E-state index in [1.165, 1.54) is 0 Å². The van der Waals surface area contributed by atoms with Crippen LogP contribution in [-0.4, -0.2) is 15.2 Å². The van der Waals surface area contributed by atoms with Crippen LogP contribution < -0.4 is 5.73 Å². The quantitative estimate of drug-likeness (QED) is 0.667. The van der Waals surface area contributed by atoms with Gasteiger partial charge in [-0.3, -0.25) is 4.98 Å². The van der Waals surface area contributed by atoms with E-state index < -0.39 is 0 Å². The first-order valence-electron chi connectivity index (χ1n) is 7.18. The predicted octanol–water partition coefficient (Wildman–Crippen LogP) is 4.02. The van der Waals surface area contributed by atoms with Gasteiger partial charge in [0.15, 0.2) is 0 Å². The van der Waals surface area contributed by atoms with Gasteiger partial charge < -0.3 is 15.9 Å². The van der Waals surface area contributed by atoms with E-state index in [2.05, 4.69) is 4.98 Å². The molecule has 1 aromatic heterocycles. The summed E-state index contributed by atoms with van der Waals surface area (Å²) in [6.45, 7) is 3.86. The number of rotatable bonds is 2. The summed E-state index contributed by atoms with van der Waals surface area (Å²) in [4.78, 5) is 4.31. The third-order valence-electron chi connectivity index (χ3n) is 3.82. The number of hydrogen-bond donors (Lipinski definition) is 3. The maximum Gasteiger partial charge on any atom is 0.123 e. The molecule has 112 valence electrons. The molecule has 2 aromatic carbocycles. The number of fused-ring (bicyclic) bond motifs is 1. The summed E-state index contributed by atoms with van der Waals surface area (Å²) in [6.07, 6.45) is 1.66. The Kier molecular flexibility index (Phi) is 3.37. The highest BCUT2D eigenvalue weighted by molar-refractivity contribution is 5.92. The van der Waals surface area contributed by atoms with Gasteiger partial charge in [-0.2, -0.15) is 0 Å². The number of pyridine rings is 1. The van der Waals surface area contributed by atoms with E-state index in [4.69, 9.17) is 5.73 Å². The Morgan fingerprint density at radius 1 is 0.955 bits per heavy atom. The van der Waals surface area contributed by atoms with Gasteiger partial charge in [0.1, 0.15) is 11.5 Å². The molecule has 0 fully saturated rings. The average molecular weight is 294 g/mol. The largest absolute Gasteiger partial charge is 0.507 e. The van der Waals surface area contributed by atoms with Gasteiger partial charge in [-0.1, -0.05) is 26.0 Å². The molecule has 0 saturated carbocycles. The monoisotopic (exact) mass is 294 g/mol. The number of benzene rings is 2. The van der Waals surface area contributed by atoms with Gasteiger partial charge in [0.2, 0.25) is 0 Å². The van der Waals surface area contributed by atoms with Gasteiger partial charge in [0, 0.05) is 22.8 Å². The molecule has 0 aliphatic carbocycles. The molecule has 0 spiro atoms. The Labute approximate surface area is 128 Å². The van der Waals surface area contributed by atoms with Gasteiger partial charge in [0.05, 0.1) is 5.52 Å². The first-order valence-corrected chi connectivity index (χ1v) is 7.18. The summed E-state index contributed by atoms with van der Waals surface area (Å²) in [5, 5.41) is 21.2. The Balaban J connectivity index is 2.15. The first-order chi connectivity index (χ1) is 10.5. The SMILES string of the molecule is CC(C)c1c(O)cc(-c2ccc3c(N)ccnc3c2)cc1O. The summed E-state index contributed by atoms with van der Waals surface area (Å²) in [5.74, 6) is 0.253. The Morgan fingerprint density at radius 2 is 1.64 bits per heavy atom. The lowest BCUT2D eigenvalue weighted by molar-refractivity contribution is 0.434.